The Balaban J connectivity index is 2.04. The van der Waals surface area contributed by atoms with Crippen LogP contribution in [0.25, 0.3) is 0 Å². The summed E-state index contributed by atoms with van der Waals surface area (Å²) in [6.07, 6.45) is -0.817. The Morgan fingerprint density at radius 2 is 2.13 bits per heavy atom. The van der Waals surface area contributed by atoms with E-state index in [-0.39, 0.29) is 19.1 Å². The van der Waals surface area contributed by atoms with Gasteiger partial charge in [0.1, 0.15) is 6.04 Å². The van der Waals surface area contributed by atoms with E-state index in [9.17, 15) is 18.8 Å². The normalized spacial score (nSPS) is 24.7. The fourth-order valence-corrected chi connectivity index (χ4v) is 2.56. The average molecular weight is 329 g/mol. The van der Waals surface area contributed by atoms with E-state index in [1.807, 2.05) is 0 Å². The zero-order valence-electron chi connectivity index (χ0n) is 13.2. The predicted octanol–water partition coefficient (Wildman–Crippen LogP) is 0.333. The van der Waals surface area contributed by atoms with Crippen molar-refractivity contribution in [2.45, 2.75) is 39.2 Å². The molecule has 0 saturated carbocycles. The van der Waals surface area contributed by atoms with E-state index in [0.717, 1.165) is 5.06 Å². The number of nitrogens with two attached hydrogens (primary N) is 1. The molecule has 8 nitrogen and oxygen atoms in total. The van der Waals surface area contributed by atoms with Gasteiger partial charge in [-0.3, -0.25) is 4.79 Å². The molecule has 2 N–H and O–H groups in total. The summed E-state index contributed by atoms with van der Waals surface area (Å²) in [6, 6.07) is -2.20. The molecule has 0 aromatic heterocycles. The topological polar surface area (TPSA) is 102 Å². The lowest BCUT2D eigenvalue weighted by molar-refractivity contribution is -0.223. The second-order valence-corrected chi connectivity index (χ2v) is 5.99. The highest BCUT2D eigenvalue weighted by Crippen LogP contribution is 2.29. The molecule has 128 valence electrons. The van der Waals surface area contributed by atoms with Crippen molar-refractivity contribution in [2.24, 2.45) is 11.7 Å². The monoisotopic (exact) mass is 329 g/mol. The summed E-state index contributed by atoms with van der Waals surface area (Å²) in [5.74, 6) is -1.83. The molecular weight excluding hydrogens is 309 g/mol. The van der Waals surface area contributed by atoms with Gasteiger partial charge in [0.25, 0.3) is 0 Å². The Morgan fingerprint density at radius 1 is 1.48 bits per heavy atom. The molecular formula is C14H20FN3O5. The van der Waals surface area contributed by atoms with Crippen LogP contribution < -0.4 is 5.73 Å². The van der Waals surface area contributed by atoms with E-state index in [4.69, 9.17) is 15.3 Å². The van der Waals surface area contributed by atoms with E-state index < -0.39 is 36.3 Å². The van der Waals surface area contributed by atoms with Gasteiger partial charge in [-0.05, 0) is 18.4 Å². The van der Waals surface area contributed by atoms with Gasteiger partial charge in [-0.2, -0.15) is 5.06 Å². The van der Waals surface area contributed by atoms with E-state index in [1.54, 1.807) is 26.8 Å². The van der Waals surface area contributed by atoms with Crippen molar-refractivity contribution in [1.29, 1.82) is 0 Å². The van der Waals surface area contributed by atoms with E-state index >= 15 is 0 Å². The number of amides is 3. The van der Waals surface area contributed by atoms with Crippen molar-refractivity contribution in [3.63, 3.8) is 0 Å². The highest BCUT2D eigenvalue weighted by atomic mass is 19.1. The van der Waals surface area contributed by atoms with Crippen LogP contribution in [0.15, 0.2) is 11.6 Å². The van der Waals surface area contributed by atoms with Gasteiger partial charge in [0.15, 0.2) is 0 Å². The quantitative estimate of drug-likeness (QED) is 0.559. The number of rotatable bonds is 6. The standard InChI is InChI=1S/C14H20FN3O5/c1-7(2)6-22-13(20)11(15)23-18-9-4-8(3)10(12(16)19)17(5-9)14(18)21/h4,7,9-11H,5-6H2,1-3H3,(H2,16,19)/t9?,10-,11-/m0/s1. The third-order valence-electron chi connectivity index (χ3n) is 3.54. The smallest absolute Gasteiger partial charge is 0.371 e. The summed E-state index contributed by atoms with van der Waals surface area (Å²) in [5, 5.41) is 0.744. The van der Waals surface area contributed by atoms with Gasteiger partial charge in [0.05, 0.1) is 19.2 Å². The number of ether oxygens (including phenoxy) is 1. The summed E-state index contributed by atoms with van der Waals surface area (Å²) in [7, 11) is 0. The van der Waals surface area contributed by atoms with Gasteiger partial charge in [-0.25, -0.2) is 18.8 Å². The van der Waals surface area contributed by atoms with Crippen molar-refractivity contribution in [3.8, 4) is 0 Å². The predicted molar refractivity (Wildman–Crippen MR) is 76.2 cm³/mol. The first-order valence-electron chi connectivity index (χ1n) is 7.27. The van der Waals surface area contributed by atoms with Crippen LogP contribution in [0.1, 0.15) is 20.8 Å². The van der Waals surface area contributed by atoms with Crippen LogP contribution in [0.5, 0.6) is 0 Å². The first kappa shape index (κ1) is 17.2. The number of fused-ring (bicyclic) bond motifs is 2. The van der Waals surface area contributed by atoms with Crippen molar-refractivity contribution in [3.05, 3.63) is 11.6 Å². The van der Waals surface area contributed by atoms with Crippen LogP contribution in [0, 0.1) is 5.92 Å². The molecule has 1 fully saturated rings. The maximum absolute atomic E-state index is 13.9. The summed E-state index contributed by atoms with van der Waals surface area (Å²) < 4.78 is 18.6. The molecule has 0 aliphatic carbocycles. The van der Waals surface area contributed by atoms with E-state index in [2.05, 4.69) is 0 Å². The lowest BCUT2D eigenvalue weighted by Gasteiger charge is -2.27. The summed E-state index contributed by atoms with van der Waals surface area (Å²) in [5.41, 5.74) is 5.86. The molecule has 3 amide bonds. The number of nitrogens with zero attached hydrogens (tertiary/aromatic N) is 2. The summed E-state index contributed by atoms with van der Waals surface area (Å²) in [4.78, 5) is 41.2. The number of hydrogen-bond acceptors (Lipinski definition) is 5. The van der Waals surface area contributed by atoms with Crippen LogP contribution in [-0.2, 0) is 19.2 Å². The molecule has 2 aliphatic heterocycles. The number of halogens is 1. The zero-order chi connectivity index (χ0) is 17.3. The lowest BCUT2D eigenvalue weighted by Crippen LogP contribution is -2.48. The molecule has 0 radical (unpaired) electrons. The van der Waals surface area contributed by atoms with Crippen molar-refractivity contribution in [1.82, 2.24) is 9.96 Å². The number of esters is 1. The molecule has 9 heteroatoms. The highest BCUT2D eigenvalue weighted by molar-refractivity contribution is 5.90. The van der Waals surface area contributed by atoms with Gasteiger partial charge >= 0.3 is 18.4 Å². The summed E-state index contributed by atoms with van der Waals surface area (Å²) >= 11 is 0. The molecule has 2 heterocycles. The molecule has 3 atom stereocenters. The molecule has 1 unspecified atom stereocenters. The highest BCUT2D eigenvalue weighted by Gasteiger charge is 2.48. The first-order chi connectivity index (χ1) is 10.7. The maximum atomic E-state index is 13.9. The molecule has 2 bridgehead atoms. The minimum absolute atomic E-state index is 0.0480. The molecule has 0 aromatic carbocycles. The minimum Gasteiger partial charge on any atom is -0.461 e. The number of primary amides is 1. The van der Waals surface area contributed by atoms with Crippen LogP contribution in [-0.4, -0.2) is 59.5 Å². The third kappa shape index (κ3) is 3.44. The Morgan fingerprint density at radius 3 is 2.70 bits per heavy atom. The SMILES string of the molecule is CC1=CC2CN(C(=O)N2O[C@H](F)C(=O)OCC(C)C)[C@@H]1C(N)=O. The Hall–Kier alpha value is -2.16. The Bertz CT molecular complexity index is 551. The second kappa shape index (κ2) is 6.53. The van der Waals surface area contributed by atoms with Crippen LogP contribution in [0.4, 0.5) is 9.18 Å². The number of carbonyl (C=O) groups is 3. The van der Waals surface area contributed by atoms with Crippen LogP contribution in [0.3, 0.4) is 0 Å². The second-order valence-electron chi connectivity index (χ2n) is 5.99. The van der Waals surface area contributed by atoms with Crippen LogP contribution in [0.2, 0.25) is 0 Å². The number of carbonyl (C=O) groups excluding carboxylic acids is 3. The van der Waals surface area contributed by atoms with Crippen molar-refractivity contribution in [2.75, 3.05) is 13.2 Å². The van der Waals surface area contributed by atoms with Crippen molar-refractivity contribution >= 4 is 17.9 Å². The minimum atomic E-state index is -2.42. The summed E-state index contributed by atoms with van der Waals surface area (Å²) in [6.45, 7) is 5.44. The number of urea groups is 1. The molecule has 2 rings (SSSR count). The Kier molecular flexibility index (Phi) is 4.88. The van der Waals surface area contributed by atoms with Crippen LogP contribution >= 0.6 is 0 Å². The zero-order valence-corrected chi connectivity index (χ0v) is 13.2. The molecule has 0 spiro atoms. The molecule has 1 saturated heterocycles. The lowest BCUT2D eigenvalue weighted by atomic mass is 10.0. The molecule has 23 heavy (non-hydrogen) atoms. The molecule has 0 aromatic rings. The van der Waals surface area contributed by atoms with Gasteiger partial charge in [-0.15, -0.1) is 0 Å². The maximum Gasteiger partial charge on any atom is 0.371 e. The van der Waals surface area contributed by atoms with E-state index in [1.165, 1.54) is 4.90 Å². The van der Waals surface area contributed by atoms with Gasteiger partial charge < -0.3 is 15.4 Å². The number of hydrogen-bond donors (Lipinski definition) is 1. The number of hydroxylamine groups is 2. The molecule has 2 aliphatic rings. The van der Waals surface area contributed by atoms with Gasteiger partial charge in [-0.1, -0.05) is 19.9 Å². The third-order valence-corrected chi connectivity index (χ3v) is 3.54. The number of alkyl halides is 1. The van der Waals surface area contributed by atoms with E-state index in [0.29, 0.717) is 5.57 Å². The van der Waals surface area contributed by atoms with Gasteiger partial charge in [0.2, 0.25) is 5.91 Å². The van der Waals surface area contributed by atoms with Crippen molar-refractivity contribution < 1.29 is 28.3 Å². The fraction of sp³-hybridized carbons (Fsp3) is 0.643. The van der Waals surface area contributed by atoms with Gasteiger partial charge in [0, 0.05) is 0 Å². The average Bonchev–Trinajstić information content (AvgIpc) is 2.69. The largest absolute Gasteiger partial charge is 0.461 e. The fourth-order valence-electron chi connectivity index (χ4n) is 2.56. The first-order valence-corrected chi connectivity index (χ1v) is 7.27. The Labute approximate surface area is 132 Å².